The molecule has 112 valence electrons. The number of nitrogens with one attached hydrogen (secondary N) is 1. The van der Waals surface area contributed by atoms with Crippen LogP contribution in [0.5, 0.6) is 0 Å². The summed E-state index contributed by atoms with van der Waals surface area (Å²) in [5, 5.41) is 8.14. The van der Waals surface area contributed by atoms with E-state index in [4.69, 9.17) is 23.2 Å². The van der Waals surface area contributed by atoms with Crippen LogP contribution >= 0.6 is 23.2 Å². The summed E-state index contributed by atoms with van der Waals surface area (Å²) in [7, 11) is 0. The lowest BCUT2D eigenvalue weighted by Gasteiger charge is -2.08. The van der Waals surface area contributed by atoms with Crippen molar-refractivity contribution < 1.29 is 4.79 Å². The number of amides is 1. The maximum Gasteiger partial charge on any atom is 0.256 e. The molecule has 1 aromatic heterocycles. The molecule has 0 aliphatic rings. The number of carbonyl (C=O) groups is 1. The molecule has 6 heteroatoms. The third-order valence-electron chi connectivity index (χ3n) is 2.99. The number of halogens is 2. The Morgan fingerprint density at radius 3 is 2.62 bits per heavy atom. The first-order valence-corrected chi connectivity index (χ1v) is 7.43. The smallest absolute Gasteiger partial charge is 0.256 e. The lowest BCUT2D eigenvalue weighted by atomic mass is 10.2. The van der Waals surface area contributed by atoms with Crippen LogP contribution in [0.1, 0.15) is 35.5 Å². The van der Waals surface area contributed by atoms with Crippen molar-refractivity contribution in [3.63, 3.8) is 0 Å². The van der Waals surface area contributed by atoms with Gasteiger partial charge >= 0.3 is 0 Å². The molecule has 0 unspecified atom stereocenters. The van der Waals surface area contributed by atoms with Gasteiger partial charge in [0, 0.05) is 11.1 Å². The Balaban J connectivity index is 2.31. The van der Waals surface area contributed by atoms with Crippen LogP contribution in [0.15, 0.2) is 24.3 Å². The van der Waals surface area contributed by atoms with Gasteiger partial charge in [0.1, 0.15) is 5.15 Å². The fourth-order valence-electron chi connectivity index (χ4n) is 2.04. The first kappa shape index (κ1) is 15.9. The Bertz CT molecular complexity index is 665. The molecular formula is C15H17Cl2N3O. The Kier molecular flexibility index (Phi) is 4.91. The van der Waals surface area contributed by atoms with Crippen LogP contribution < -0.4 is 5.32 Å². The quantitative estimate of drug-likeness (QED) is 0.931. The molecule has 0 aliphatic carbocycles. The SMILES string of the molecule is Cc1nn(Cc2ccccc2Cl)c(Cl)c1C(=O)NC(C)C. The third-order valence-corrected chi connectivity index (χ3v) is 3.74. The second kappa shape index (κ2) is 6.50. The van der Waals surface area contributed by atoms with E-state index in [2.05, 4.69) is 10.4 Å². The van der Waals surface area contributed by atoms with E-state index in [0.717, 1.165) is 5.56 Å². The van der Waals surface area contributed by atoms with Crippen LogP contribution in [0.3, 0.4) is 0 Å². The minimum absolute atomic E-state index is 0.0416. The highest BCUT2D eigenvalue weighted by atomic mass is 35.5. The summed E-state index contributed by atoms with van der Waals surface area (Å²) >= 11 is 12.4. The number of nitrogens with zero attached hydrogens (tertiary/aromatic N) is 2. The molecular weight excluding hydrogens is 309 g/mol. The van der Waals surface area contributed by atoms with E-state index in [1.54, 1.807) is 11.6 Å². The zero-order valence-electron chi connectivity index (χ0n) is 12.2. The highest BCUT2D eigenvalue weighted by Gasteiger charge is 2.21. The van der Waals surface area contributed by atoms with E-state index in [1.165, 1.54) is 0 Å². The molecule has 1 aromatic carbocycles. The van der Waals surface area contributed by atoms with Crippen molar-refractivity contribution in [3.8, 4) is 0 Å². The molecule has 2 aromatic rings. The van der Waals surface area contributed by atoms with Crippen LogP contribution in [0.25, 0.3) is 0 Å². The van der Waals surface area contributed by atoms with Gasteiger partial charge in [-0.1, -0.05) is 41.4 Å². The van der Waals surface area contributed by atoms with Crippen LogP contribution in [0.4, 0.5) is 0 Å². The van der Waals surface area contributed by atoms with E-state index in [1.807, 2.05) is 38.1 Å². The lowest BCUT2D eigenvalue weighted by molar-refractivity contribution is 0.0942. The lowest BCUT2D eigenvalue weighted by Crippen LogP contribution is -2.30. The summed E-state index contributed by atoms with van der Waals surface area (Å²) < 4.78 is 1.59. The van der Waals surface area contributed by atoms with Crippen molar-refractivity contribution in [1.29, 1.82) is 0 Å². The minimum atomic E-state index is -0.210. The average molecular weight is 326 g/mol. The normalized spacial score (nSPS) is 11.0. The van der Waals surface area contributed by atoms with Gasteiger partial charge in [-0.3, -0.25) is 4.79 Å². The van der Waals surface area contributed by atoms with Crippen molar-refractivity contribution in [3.05, 3.63) is 51.3 Å². The van der Waals surface area contributed by atoms with Crippen molar-refractivity contribution in [1.82, 2.24) is 15.1 Å². The Morgan fingerprint density at radius 1 is 1.33 bits per heavy atom. The highest BCUT2D eigenvalue weighted by molar-refractivity contribution is 6.33. The molecule has 0 aliphatic heterocycles. The number of benzene rings is 1. The molecule has 4 nitrogen and oxygen atoms in total. The Hall–Kier alpha value is -1.52. The summed E-state index contributed by atoms with van der Waals surface area (Å²) in [6.45, 7) is 5.99. The van der Waals surface area contributed by atoms with Crippen LogP contribution in [0, 0.1) is 6.92 Å². The molecule has 0 spiro atoms. The third kappa shape index (κ3) is 3.57. The van der Waals surface area contributed by atoms with Crippen molar-refractivity contribution in [2.75, 3.05) is 0 Å². The van der Waals surface area contributed by atoms with Gasteiger partial charge < -0.3 is 5.32 Å². The molecule has 0 atom stereocenters. The van der Waals surface area contributed by atoms with E-state index in [0.29, 0.717) is 28.0 Å². The van der Waals surface area contributed by atoms with E-state index in [9.17, 15) is 4.79 Å². The second-order valence-electron chi connectivity index (χ2n) is 5.13. The molecule has 21 heavy (non-hydrogen) atoms. The van der Waals surface area contributed by atoms with E-state index >= 15 is 0 Å². The highest BCUT2D eigenvalue weighted by Crippen LogP contribution is 2.23. The minimum Gasteiger partial charge on any atom is -0.350 e. The summed E-state index contributed by atoms with van der Waals surface area (Å²) in [5.74, 6) is -0.210. The molecule has 1 amide bonds. The van der Waals surface area contributed by atoms with Gasteiger partial charge in [0.15, 0.2) is 0 Å². The van der Waals surface area contributed by atoms with E-state index in [-0.39, 0.29) is 11.9 Å². The zero-order valence-corrected chi connectivity index (χ0v) is 13.7. The number of hydrogen-bond donors (Lipinski definition) is 1. The number of aromatic nitrogens is 2. The zero-order chi connectivity index (χ0) is 15.6. The number of aryl methyl sites for hydroxylation is 1. The summed E-state index contributed by atoms with van der Waals surface area (Å²) in [6.07, 6.45) is 0. The molecule has 0 bridgehead atoms. The molecule has 0 radical (unpaired) electrons. The van der Waals surface area contributed by atoms with Gasteiger partial charge in [-0.05, 0) is 32.4 Å². The fourth-order valence-corrected chi connectivity index (χ4v) is 2.55. The van der Waals surface area contributed by atoms with Crippen LogP contribution in [-0.2, 0) is 6.54 Å². The molecule has 0 saturated heterocycles. The van der Waals surface area contributed by atoms with Gasteiger partial charge in [0.05, 0.1) is 17.8 Å². The van der Waals surface area contributed by atoms with Gasteiger partial charge in [-0.15, -0.1) is 0 Å². The number of hydrogen-bond acceptors (Lipinski definition) is 2. The van der Waals surface area contributed by atoms with Gasteiger partial charge in [-0.2, -0.15) is 5.10 Å². The van der Waals surface area contributed by atoms with Gasteiger partial charge in [0.2, 0.25) is 0 Å². The summed E-state index contributed by atoms with van der Waals surface area (Å²) in [6, 6.07) is 7.53. The molecule has 1 N–H and O–H groups in total. The predicted octanol–water partition coefficient (Wildman–Crippen LogP) is 3.68. The van der Waals surface area contributed by atoms with Crippen LogP contribution in [-0.4, -0.2) is 21.7 Å². The first-order valence-electron chi connectivity index (χ1n) is 6.67. The Morgan fingerprint density at radius 2 is 2.00 bits per heavy atom. The van der Waals surface area contributed by atoms with Crippen molar-refractivity contribution >= 4 is 29.1 Å². The largest absolute Gasteiger partial charge is 0.350 e. The number of carbonyl (C=O) groups excluding carboxylic acids is 1. The van der Waals surface area contributed by atoms with E-state index < -0.39 is 0 Å². The maximum atomic E-state index is 12.2. The fraction of sp³-hybridized carbons (Fsp3) is 0.333. The molecule has 0 saturated carbocycles. The predicted molar refractivity (Wildman–Crippen MR) is 85.1 cm³/mol. The standard InChI is InChI=1S/C15H17Cl2N3O/c1-9(2)18-15(21)13-10(3)19-20(14(13)17)8-11-6-4-5-7-12(11)16/h4-7,9H,8H2,1-3H3,(H,18,21). The van der Waals surface area contributed by atoms with Crippen LogP contribution in [0.2, 0.25) is 10.2 Å². The van der Waals surface area contributed by atoms with Gasteiger partial charge in [-0.25, -0.2) is 4.68 Å². The van der Waals surface area contributed by atoms with Crippen molar-refractivity contribution in [2.45, 2.75) is 33.4 Å². The molecule has 0 fully saturated rings. The Labute approximate surface area is 134 Å². The van der Waals surface area contributed by atoms with Gasteiger partial charge in [0.25, 0.3) is 5.91 Å². The first-order chi connectivity index (χ1) is 9.90. The molecule has 1 heterocycles. The van der Waals surface area contributed by atoms with Crippen molar-refractivity contribution in [2.24, 2.45) is 0 Å². The second-order valence-corrected chi connectivity index (χ2v) is 5.89. The molecule has 2 rings (SSSR count). The summed E-state index contributed by atoms with van der Waals surface area (Å²) in [4.78, 5) is 12.2. The topological polar surface area (TPSA) is 46.9 Å². The summed E-state index contributed by atoms with van der Waals surface area (Å²) in [5.41, 5.74) is 1.92. The number of rotatable bonds is 4. The average Bonchev–Trinajstić information content (AvgIpc) is 2.66. The monoisotopic (exact) mass is 325 g/mol. The maximum absolute atomic E-state index is 12.2.